The summed E-state index contributed by atoms with van der Waals surface area (Å²) in [4.78, 5) is 4.27. The number of nitrogens with zero attached hydrogens (tertiary/aromatic N) is 1. The molecule has 0 saturated carbocycles. The molecule has 3 heteroatoms. The maximum Gasteiger partial charge on any atom is 0.217 e. The van der Waals surface area contributed by atoms with E-state index in [1.54, 1.807) is 6.20 Å². The van der Waals surface area contributed by atoms with Crippen molar-refractivity contribution in [2.45, 2.75) is 40.3 Å². The highest BCUT2D eigenvalue weighted by Gasteiger charge is 2.05. The quantitative estimate of drug-likeness (QED) is 0.803. The van der Waals surface area contributed by atoms with Crippen LogP contribution in [-0.4, -0.2) is 17.6 Å². The molecular weight excluding hydrogens is 200 g/mol. The molecule has 0 fully saturated rings. The highest BCUT2D eigenvalue weighted by molar-refractivity contribution is 5.25. The first-order valence-electron chi connectivity index (χ1n) is 5.89. The van der Waals surface area contributed by atoms with Gasteiger partial charge >= 0.3 is 0 Å². The molecule has 0 aliphatic carbocycles. The van der Waals surface area contributed by atoms with E-state index < -0.39 is 0 Å². The van der Waals surface area contributed by atoms with Gasteiger partial charge in [0.05, 0.1) is 6.61 Å². The van der Waals surface area contributed by atoms with Crippen molar-refractivity contribution in [1.29, 1.82) is 0 Å². The Balaban J connectivity index is 2.60. The van der Waals surface area contributed by atoms with Gasteiger partial charge in [0.1, 0.15) is 0 Å². The summed E-state index contributed by atoms with van der Waals surface area (Å²) < 4.78 is 5.68. The van der Waals surface area contributed by atoms with Crippen molar-refractivity contribution in [3.05, 3.63) is 23.9 Å². The van der Waals surface area contributed by atoms with Crippen molar-refractivity contribution in [2.75, 3.05) is 6.61 Å². The molecule has 0 saturated heterocycles. The fourth-order valence-electron chi connectivity index (χ4n) is 1.25. The van der Waals surface area contributed by atoms with E-state index in [2.05, 4.69) is 44.1 Å². The van der Waals surface area contributed by atoms with Crippen LogP contribution in [0.15, 0.2) is 18.3 Å². The van der Waals surface area contributed by atoms with E-state index in [0.29, 0.717) is 18.6 Å². The molecule has 0 aliphatic heterocycles. The van der Waals surface area contributed by atoms with Crippen LogP contribution in [0.4, 0.5) is 0 Å². The Labute approximate surface area is 98.2 Å². The molecule has 0 unspecified atom stereocenters. The minimum atomic E-state index is 0.471. The molecule has 0 amide bonds. The lowest BCUT2D eigenvalue weighted by Crippen LogP contribution is -2.22. The van der Waals surface area contributed by atoms with Gasteiger partial charge in [-0.3, -0.25) is 0 Å². The van der Waals surface area contributed by atoms with Gasteiger partial charge in [0.25, 0.3) is 0 Å². The normalized spacial score (nSPS) is 11.1. The van der Waals surface area contributed by atoms with Crippen molar-refractivity contribution >= 4 is 0 Å². The Kier molecular flexibility index (Phi) is 5.26. The average molecular weight is 222 g/mol. The number of nitrogens with one attached hydrogen (secondary N) is 1. The van der Waals surface area contributed by atoms with E-state index in [1.807, 2.05) is 6.07 Å². The minimum Gasteiger partial charge on any atom is -0.477 e. The smallest absolute Gasteiger partial charge is 0.217 e. The number of rotatable bonds is 6. The summed E-state index contributed by atoms with van der Waals surface area (Å²) in [5.74, 6) is 1.28. The third-order valence-electron chi connectivity index (χ3n) is 2.10. The van der Waals surface area contributed by atoms with Crippen molar-refractivity contribution in [2.24, 2.45) is 5.92 Å². The van der Waals surface area contributed by atoms with E-state index in [-0.39, 0.29) is 0 Å². The highest BCUT2D eigenvalue weighted by Crippen LogP contribution is 2.15. The fourth-order valence-corrected chi connectivity index (χ4v) is 1.25. The Bertz CT molecular complexity index is 280. The number of pyridine rings is 1. The second kappa shape index (κ2) is 6.48. The third-order valence-corrected chi connectivity index (χ3v) is 2.10. The molecule has 0 atom stereocenters. The van der Waals surface area contributed by atoms with Crippen molar-refractivity contribution in [3.8, 4) is 5.88 Å². The Hall–Kier alpha value is -1.09. The van der Waals surface area contributed by atoms with Gasteiger partial charge in [-0.05, 0) is 12.0 Å². The van der Waals surface area contributed by atoms with Gasteiger partial charge in [0.2, 0.25) is 5.88 Å². The second-order valence-electron chi connectivity index (χ2n) is 4.71. The Morgan fingerprint density at radius 1 is 1.31 bits per heavy atom. The molecule has 0 aromatic carbocycles. The third kappa shape index (κ3) is 4.62. The zero-order chi connectivity index (χ0) is 12.0. The van der Waals surface area contributed by atoms with Crippen LogP contribution in [0.25, 0.3) is 0 Å². The zero-order valence-corrected chi connectivity index (χ0v) is 10.7. The van der Waals surface area contributed by atoms with Crippen LogP contribution in [0.1, 0.15) is 33.3 Å². The Morgan fingerprint density at radius 2 is 2.06 bits per heavy atom. The van der Waals surface area contributed by atoms with Gasteiger partial charge in [-0.2, -0.15) is 0 Å². The predicted molar refractivity (Wildman–Crippen MR) is 66.5 cm³/mol. The van der Waals surface area contributed by atoms with Crippen LogP contribution in [-0.2, 0) is 6.54 Å². The summed E-state index contributed by atoms with van der Waals surface area (Å²) >= 11 is 0. The van der Waals surface area contributed by atoms with Crippen LogP contribution in [0.5, 0.6) is 5.88 Å². The molecule has 1 N–H and O–H groups in total. The molecular formula is C13H22N2O. The molecule has 3 nitrogen and oxygen atoms in total. The van der Waals surface area contributed by atoms with Crippen molar-refractivity contribution in [3.63, 3.8) is 0 Å². The summed E-state index contributed by atoms with van der Waals surface area (Å²) in [5, 5.41) is 3.37. The topological polar surface area (TPSA) is 34.1 Å². The molecule has 0 aliphatic rings. The lowest BCUT2D eigenvalue weighted by atomic mass is 10.2. The lowest BCUT2D eigenvalue weighted by molar-refractivity contribution is 0.258. The van der Waals surface area contributed by atoms with Gasteiger partial charge in [-0.25, -0.2) is 4.98 Å². The number of hydrogen-bond acceptors (Lipinski definition) is 3. The summed E-state index contributed by atoms with van der Waals surface area (Å²) in [6, 6.07) is 4.47. The zero-order valence-electron chi connectivity index (χ0n) is 10.7. The van der Waals surface area contributed by atoms with Crippen LogP contribution in [0.2, 0.25) is 0 Å². The predicted octanol–water partition coefficient (Wildman–Crippen LogP) is 2.61. The van der Waals surface area contributed by atoms with Crippen molar-refractivity contribution < 1.29 is 4.74 Å². The molecule has 0 radical (unpaired) electrons. The van der Waals surface area contributed by atoms with Gasteiger partial charge in [-0.1, -0.05) is 33.8 Å². The average Bonchev–Trinajstić information content (AvgIpc) is 2.24. The highest BCUT2D eigenvalue weighted by atomic mass is 16.5. The Morgan fingerprint density at radius 3 is 2.69 bits per heavy atom. The van der Waals surface area contributed by atoms with E-state index in [0.717, 1.165) is 18.0 Å². The first-order valence-corrected chi connectivity index (χ1v) is 5.89. The molecule has 90 valence electrons. The maximum atomic E-state index is 5.68. The number of hydrogen-bond donors (Lipinski definition) is 1. The second-order valence-corrected chi connectivity index (χ2v) is 4.71. The largest absolute Gasteiger partial charge is 0.477 e. The van der Waals surface area contributed by atoms with E-state index >= 15 is 0 Å². The molecule has 1 aromatic rings. The molecule has 16 heavy (non-hydrogen) atoms. The van der Waals surface area contributed by atoms with Gasteiger partial charge in [0.15, 0.2) is 0 Å². The van der Waals surface area contributed by atoms with Crippen LogP contribution in [0.3, 0.4) is 0 Å². The van der Waals surface area contributed by atoms with Gasteiger partial charge < -0.3 is 10.1 Å². The number of aromatic nitrogens is 1. The monoisotopic (exact) mass is 222 g/mol. The van der Waals surface area contributed by atoms with Gasteiger partial charge in [0, 0.05) is 24.3 Å². The van der Waals surface area contributed by atoms with Crippen LogP contribution in [0, 0.1) is 5.92 Å². The summed E-state index contributed by atoms with van der Waals surface area (Å²) in [7, 11) is 0. The number of ether oxygens (including phenoxy) is 1. The molecule has 1 heterocycles. The van der Waals surface area contributed by atoms with Crippen LogP contribution < -0.4 is 10.1 Å². The summed E-state index contributed by atoms with van der Waals surface area (Å²) in [6.07, 6.45) is 1.77. The molecule has 1 rings (SSSR count). The van der Waals surface area contributed by atoms with E-state index in [1.165, 1.54) is 0 Å². The first kappa shape index (κ1) is 13.0. The molecule has 0 bridgehead atoms. The summed E-state index contributed by atoms with van der Waals surface area (Å²) in [5.41, 5.74) is 1.12. The summed E-state index contributed by atoms with van der Waals surface area (Å²) in [6.45, 7) is 10.0. The molecule has 0 spiro atoms. The minimum absolute atomic E-state index is 0.471. The molecule has 1 aromatic heterocycles. The van der Waals surface area contributed by atoms with Crippen LogP contribution >= 0.6 is 0 Å². The fraction of sp³-hybridized carbons (Fsp3) is 0.615. The maximum absolute atomic E-state index is 5.68. The first-order chi connectivity index (χ1) is 7.59. The SMILES string of the molecule is CC(C)COc1ncccc1CNC(C)C. The standard InChI is InChI=1S/C13H22N2O/c1-10(2)9-16-13-12(6-5-7-14-13)8-15-11(3)4/h5-7,10-11,15H,8-9H2,1-4H3. The van der Waals surface area contributed by atoms with E-state index in [4.69, 9.17) is 4.74 Å². The van der Waals surface area contributed by atoms with Crippen molar-refractivity contribution in [1.82, 2.24) is 10.3 Å². The van der Waals surface area contributed by atoms with E-state index in [9.17, 15) is 0 Å². The van der Waals surface area contributed by atoms with Gasteiger partial charge in [-0.15, -0.1) is 0 Å². The lowest BCUT2D eigenvalue weighted by Gasteiger charge is -2.13.